The summed E-state index contributed by atoms with van der Waals surface area (Å²) in [6.45, 7) is 0. The zero-order valence-corrected chi connectivity index (χ0v) is 17.2. The summed E-state index contributed by atoms with van der Waals surface area (Å²) in [5.74, 6) is -0.0164. The van der Waals surface area contributed by atoms with Crippen LogP contribution >= 0.6 is 0 Å². The summed E-state index contributed by atoms with van der Waals surface area (Å²) in [6, 6.07) is 12.3. The quantitative estimate of drug-likeness (QED) is 0.104. The number of cyclic esters (lactones) is 2. The lowest BCUT2D eigenvalue weighted by Gasteiger charge is -2.20. The maximum absolute atomic E-state index is 11.9. The first-order chi connectivity index (χ1) is 16.8. The van der Waals surface area contributed by atoms with Crippen LogP contribution in [-0.4, -0.2) is 34.8 Å². The highest BCUT2D eigenvalue weighted by Gasteiger charge is 2.27. The highest BCUT2D eigenvalue weighted by Crippen LogP contribution is 2.49. The van der Waals surface area contributed by atoms with Gasteiger partial charge in [-0.25, -0.2) is 19.2 Å². The largest absolute Gasteiger partial charge is 0.524 e. The zero-order valence-electron chi connectivity index (χ0n) is 17.2. The van der Waals surface area contributed by atoms with Crippen molar-refractivity contribution in [1.29, 1.82) is 0 Å². The van der Waals surface area contributed by atoms with Crippen LogP contribution in [0.1, 0.15) is 0 Å². The fourth-order valence-electron chi connectivity index (χ4n) is 4.58. The molecule has 0 spiro atoms. The lowest BCUT2D eigenvalue weighted by Crippen LogP contribution is -2.21. The van der Waals surface area contributed by atoms with Crippen LogP contribution in [0.4, 0.5) is 19.2 Å². The number of fused-ring (bicyclic) bond motifs is 2. The lowest BCUT2D eigenvalue weighted by atomic mass is 9.88. The van der Waals surface area contributed by atoms with Crippen molar-refractivity contribution < 1.29 is 53.1 Å². The summed E-state index contributed by atoms with van der Waals surface area (Å²) in [5, 5.41) is 22.4. The molecule has 0 fully saturated rings. The van der Waals surface area contributed by atoms with E-state index in [0.717, 1.165) is 0 Å². The molecule has 5 aromatic rings. The van der Waals surface area contributed by atoms with Crippen molar-refractivity contribution in [3.8, 4) is 23.0 Å². The molecule has 0 saturated carbocycles. The van der Waals surface area contributed by atoms with Gasteiger partial charge in [-0.1, -0.05) is 0 Å². The Balaban J connectivity index is 1.81. The topological polar surface area (TPSA) is 155 Å². The van der Waals surface area contributed by atoms with Gasteiger partial charge in [-0.3, -0.25) is 0 Å². The number of ether oxygens (including phenoxy) is 5. The number of carboxylic acid groups (broad SMARTS) is 2. The maximum Gasteiger partial charge on any atom is 0.524 e. The summed E-state index contributed by atoms with van der Waals surface area (Å²) in [7, 11) is 0. The molecule has 0 saturated heterocycles. The van der Waals surface area contributed by atoms with Crippen molar-refractivity contribution in [1.82, 2.24) is 0 Å². The molecule has 35 heavy (non-hydrogen) atoms. The van der Waals surface area contributed by atoms with Gasteiger partial charge in [-0.15, -0.1) is 0 Å². The van der Waals surface area contributed by atoms with E-state index >= 15 is 0 Å². The summed E-state index contributed by atoms with van der Waals surface area (Å²) in [6.07, 6.45) is -5.66. The Hall–Kier alpha value is -5.32. The number of carbonyl (C=O) groups excluding carboxylic acids is 2. The number of benzene rings is 5. The summed E-state index contributed by atoms with van der Waals surface area (Å²) in [5.41, 5.74) is 0. The van der Waals surface area contributed by atoms with Crippen LogP contribution in [0.15, 0.2) is 48.5 Å². The normalized spacial score (nSPS) is 13.3. The van der Waals surface area contributed by atoms with E-state index in [9.17, 15) is 29.4 Å². The van der Waals surface area contributed by atoms with Crippen molar-refractivity contribution in [3.63, 3.8) is 0 Å². The molecule has 0 atom stereocenters. The second-order valence-corrected chi connectivity index (χ2v) is 7.49. The highest BCUT2D eigenvalue weighted by molar-refractivity contribution is 6.35. The Morgan fingerprint density at radius 3 is 1.37 bits per heavy atom. The Labute approximate surface area is 192 Å². The third-order valence-electron chi connectivity index (χ3n) is 5.70. The molecular weight excluding hydrogens is 464 g/mol. The van der Waals surface area contributed by atoms with Gasteiger partial charge in [0.05, 0.1) is 10.8 Å². The molecule has 1 aliphatic heterocycles. The Morgan fingerprint density at radius 2 is 0.943 bits per heavy atom. The first kappa shape index (κ1) is 20.3. The fourth-order valence-corrected chi connectivity index (χ4v) is 4.58. The van der Waals surface area contributed by atoms with Crippen LogP contribution in [0.2, 0.25) is 0 Å². The van der Waals surface area contributed by atoms with Gasteiger partial charge in [0, 0.05) is 10.8 Å². The summed E-state index contributed by atoms with van der Waals surface area (Å²) in [4.78, 5) is 46.4. The van der Waals surface area contributed by atoms with Gasteiger partial charge in [0.15, 0.2) is 0 Å². The van der Waals surface area contributed by atoms with E-state index in [1.54, 1.807) is 24.3 Å². The maximum atomic E-state index is 11.9. The second-order valence-electron chi connectivity index (χ2n) is 7.49. The van der Waals surface area contributed by atoms with Crippen molar-refractivity contribution in [2.24, 2.45) is 0 Å². The fraction of sp³-hybridized carbons (Fsp3) is 0. The van der Waals surface area contributed by atoms with Gasteiger partial charge in [-0.05, 0) is 70.1 Å². The number of rotatable bonds is 2. The minimum atomic E-state index is -1.58. The van der Waals surface area contributed by atoms with E-state index in [2.05, 4.69) is 4.74 Å². The van der Waals surface area contributed by atoms with E-state index in [4.69, 9.17) is 18.9 Å². The van der Waals surface area contributed by atoms with Gasteiger partial charge < -0.3 is 33.9 Å². The average molecular weight is 474 g/mol. The third-order valence-corrected chi connectivity index (χ3v) is 5.70. The van der Waals surface area contributed by atoms with Crippen molar-refractivity contribution >= 4 is 67.7 Å². The molecule has 0 unspecified atom stereocenters. The molecule has 2 N–H and O–H groups in total. The highest BCUT2D eigenvalue weighted by atomic mass is 16.8. The van der Waals surface area contributed by atoms with Gasteiger partial charge >= 0.3 is 24.6 Å². The lowest BCUT2D eigenvalue weighted by molar-refractivity contribution is 0.0879. The molecule has 11 heteroatoms. The molecule has 1 aliphatic rings. The predicted octanol–water partition coefficient (Wildman–Crippen LogP) is 5.88. The zero-order chi connectivity index (χ0) is 24.4. The smallest absolute Gasteiger partial charge is 0.449 e. The molecule has 0 radical (unpaired) electrons. The van der Waals surface area contributed by atoms with Crippen LogP contribution in [0.3, 0.4) is 0 Å². The van der Waals surface area contributed by atoms with Gasteiger partial charge in [0.2, 0.25) is 0 Å². The number of carbonyl (C=O) groups is 4. The molecule has 172 valence electrons. The molecule has 0 aromatic heterocycles. The molecule has 0 aliphatic carbocycles. The summed E-state index contributed by atoms with van der Waals surface area (Å²) < 4.78 is 24.7. The van der Waals surface area contributed by atoms with Gasteiger partial charge in [0.1, 0.15) is 23.0 Å². The van der Waals surface area contributed by atoms with E-state index in [0.29, 0.717) is 37.7 Å². The number of hydrogen-bond acceptors (Lipinski definition) is 9. The van der Waals surface area contributed by atoms with E-state index in [-0.39, 0.29) is 28.4 Å². The summed E-state index contributed by atoms with van der Waals surface area (Å²) >= 11 is 0. The number of hydrogen-bond donors (Lipinski definition) is 2. The van der Waals surface area contributed by atoms with E-state index in [1.165, 1.54) is 24.3 Å². The van der Waals surface area contributed by atoms with Gasteiger partial charge in [-0.2, -0.15) is 0 Å². The van der Waals surface area contributed by atoms with Crippen molar-refractivity contribution in [2.45, 2.75) is 0 Å². The molecule has 6 rings (SSSR count). The molecule has 0 bridgehead atoms. The van der Waals surface area contributed by atoms with Gasteiger partial charge in [0.25, 0.3) is 0 Å². The first-order valence-electron chi connectivity index (χ1n) is 9.95. The molecule has 0 amide bonds. The van der Waals surface area contributed by atoms with Crippen LogP contribution in [0, 0.1) is 0 Å². The minimum Gasteiger partial charge on any atom is -0.449 e. The Morgan fingerprint density at radius 1 is 0.543 bits per heavy atom. The minimum absolute atomic E-state index is 0.106. The van der Waals surface area contributed by atoms with E-state index < -0.39 is 24.6 Å². The SMILES string of the molecule is O=C(O)Oc1ccc2c3ccc4c5c(ccc(c6ccc(OC(=O)O)c1c26)c53)OC(=O)OC(=O)O4. The van der Waals surface area contributed by atoms with Crippen LogP contribution in [0.5, 0.6) is 23.0 Å². The van der Waals surface area contributed by atoms with Crippen LogP contribution in [-0.2, 0) is 4.74 Å². The molecule has 1 heterocycles. The Kier molecular flexibility index (Phi) is 4.11. The molecular formula is C24H10O11. The molecule has 5 aromatic carbocycles. The van der Waals surface area contributed by atoms with E-state index in [1.807, 2.05) is 0 Å². The first-order valence-corrected chi connectivity index (χ1v) is 9.95. The van der Waals surface area contributed by atoms with Crippen LogP contribution < -0.4 is 18.9 Å². The monoisotopic (exact) mass is 474 g/mol. The van der Waals surface area contributed by atoms with Crippen LogP contribution in [0.25, 0.3) is 43.1 Å². The standard InChI is InChI=1S/C24H10O11/c25-21(26)31-13-5-1-9-11-3-7-15-20-16(34-24(30)35-23(29)33-15)8-4-12(18(11)20)10-2-6-14(32-22(27)28)19(13)17(9)10/h1-8H,(H,25,26)(H,27,28). The second kappa shape index (κ2) is 7.09. The predicted molar refractivity (Wildman–Crippen MR) is 118 cm³/mol. The Bertz CT molecular complexity index is 1650. The van der Waals surface area contributed by atoms with Crippen molar-refractivity contribution in [2.75, 3.05) is 0 Å². The molecule has 11 nitrogen and oxygen atoms in total. The van der Waals surface area contributed by atoms with Crippen molar-refractivity contribution in [3.05, 3.63) is 48.5 Å². The average Bonchev–Trinajstić information content (AvgIpc) is 2.78. The third kappa shape index (κ3) is 2.99.